The molecule has 0 atom stereocenters. The van der Waals surface area contributed by atoms with Gasteiger partial charge in [0.25, 0.3) is 5.91 Å². The Morgan fingerprint density at radius 2 is 2.35 bits per heavy atom. The second-order valence-corrected chi connectivity index (χ2v) is 5.08. The van der Waals surface area contributed by atoms with Gasteiger partial charge in [0.05, 0.1) is 11.1 Å². The molecule has 20 heavy (non-hydrogen) atoms. The van der Waals surface area contributed by atoms with E-state index in [1.54, 1.807) is 18.5 Å². The Bertz CT molecular complexity index is 527. The smallest absolute Gasteiger partial charge is 0.255 e. The molecule has 4 heteroatoms. The molecule has 1 heterocycles. The molecule has 1 aliphatic carbocycles. The van der Waals surface area contributed by atoms with Crippen LogP contribution in [0.4, 0.5) is 0 Å². The van der Waals surface area contributed by atoms with Crippen LogP contribution in [-0.2, 0) is 0 Å². The fourth-order valence-corrected chi connectivity index (χ4v) is 2.14. The molecule has 0 bridgehead atoms. The Labute approximate surface area is 119 Å². The van der Waals surface area contributed by atoms with Gasteiger partial charge in [-0.05, 0) is 31.2 Å². The summed E-state index contributed by atoms with van der Waals surface area (Å²) in [5, 5.41) is 8.79. The molecule has 1 aromatic heterocycles. The van der Waals surface area contributed by atoms with E-state index in [0.29, 0.717) is 17.0 Å². The molecule has 2 rings (SSSR count). The van der Waals surface area contributed by atoms with Crippen LogP contribution in [0.1, 0.15) is 42.1 Å². The topological polar surface area (TPSA) is 53.4 Å². The summed E-state index contributed by atoms with van der Waals surface area (Å²) in [4.78, 5) is 18.6. The zero-order chi connectivity index (χ0) is 14.4. The van der Waals surface area contributed by atoms with Crippen LogP contribution < -0.4 is 0 Å². The van der Waals surface area contributed by atoms with Gasteiger partial charge in [-0.3, -0.25) is 9.78 Å². The predicted molar refractivity (Wildman–Crippen MR) is 77.1 cm³/mol. The summed E-state index contributed by atoms with van der Waals surface area (Å²) in [6.07, 6.45) is 6.58. The number of nitrogens with zero attached hydrogens (tertiary/aromatic N) is 2. The first-order valence-corrected chi connectivity index (χ1v) is 7.09. The van der Waals surface area contributed by atoms with Gasteiger partial charge in [0.15, 0.2) is 0 Å². The van der Waals surface area contributed by atoms with E-state index in [0.717, 1.165) is 19.5 Å². The van der Waals surface area contributed by atoms with Gasteiger partial charge in [0.2, 0.25) is 0 Å². The summed E-state index contributed by atoms with van der Waals surface area (Å²) in [6.45, 7) is 3.46. The number of hydrogen-bond acceptors (Lipinski definition) is 3. The fourth-order valence-electron chi connectivity index (χ4n) is 2.14. The van der Waals surface area contributed by atoms with Crippen LogP contribution in [0.5, 0.6) is 0 Å². The van der Waals surface area contributed by atoms with Crippen molar-refractivity contribution in [1.82, 2.24) is 9.88 Å². The van der Waals surface area contributed by atoms with Crippen LogP contribution in [0.2, 0.25) is 0 Å². The van der Waals surface area contributed by atoms with E-state index < -0.39 is 0 Å². The minimum Gasteiger partial charge on any atom is -0.384 e. The zero-order valence-electron chi connectivity index (χ0n) is 11.8. The van der Waals surface area contributed by atoms with Crippen LogP contribution in [0.25, 0.3) is 0 Å². The Kier molecular flexibility index (Phi) is 5.14. The molecule has 1 N–H and O–H groups in total. The zero-order valence-corrected chi connectivity index (χ0v) is 11.8. The van der Waals surface area contributed by atoms with Gasteiger partial charge in [-0.15, -0.1) is 0 Å². The molecule has 0 radical (unpaired) electrons. The highest BCUT2D eigenvalue weighted by atomic mass is 16.2. The summed E-state index contributed by atoms with van der Waals surface area (Å²) in [5.74, 6) is 6.06. The Hall–Kier alpha value is -1.86. The molecule has 0 unspecified atom stereocenters. The van der Waals surface area contributed by atoms with Gasteiger partial charge < -0.3 is 10.0 Å². The molecule has 1 amide bonds. The number of aliphatic hydroxyl groups excluding tert-OH is 1. The molecule has 0 aliphatic heterocycles. The lowest BCUT2D eigenvalue weighted by Gasteiger charge is -2.22. The third-order valence-electron chi connectivity index (χ3n) is 3.31. The second-order valence-electron chi connectivity index (χ2n) is 5.08. The molecule has 1 aliphatic rings. The molecule has 106 valence electrons. The highest BCUT2D eigenvalue weighted by Crippen LogP contribution is 2.30. The van der Waals surface area contributed by atoms with Crippen molar-refractivity contribution < 1.29 is 9.90 Å². The first-order chi connectivity index (χ1) is 9.76. The highest BCUT2D eigenvalue weighted by Gasteiger charge is 2.27. The summed E-state index contributed by atoms with van der Waals surface area (Å²) in [7, 11) is 0. The maximum atomic E-state index is 12.6. The molecule has 1 aromatic rings. The van der Waals surface area contributed by atoms with Gasteiger partial charge in [-0.1, -0.05) is 18.8 Å². The molecular formula is C16H20N2O2. The van der Waals surface area contributed by atoms with Crippen molar-refractivity contribution in [2.24, 2.45) is 5.92 Å². The van der Waals surface area contributed by atoms with E-state index in [9.17, 15) is 4.79 Å². The molecule has 1 fully saturated rings. The summed E-state index contributed by atoms with van der Waals surface area (Å²) >= 11 is 0. The largest absolute Gasteiger partial charge is 0.384 e. The van der Waals surface area contributed by atoms with E-state index in [1.165, 1.54) is 12.8 Å². The van der Waals surface area contributed by atoms with Crippen LogP contribution in [-0.4, -0.2) is 40.6 Å². The number of aliphatic hydroxyl groups is 1. The second kappa shape index (κ2) is 7.06. The first kappa shape index (κ1) is 14.5. The fraction of sp³-hybridized carbons (Fsp3) is 0.500. The molecular weight excluding hydrogens is 252 g/mol. The lowest BCUT2D eigenvalue weighted by Crippen LogP contribution is -2.34. The number of carbonyl (C=O) groups is 1. The maximum Gasteiger partial charge on any atom is 0.255 e. The minimum atomic E-state index is -0.219. The lowest BCUT2D eigenvalue weighted by atomic mass is 10.1. The Morgan fingerprint density at radius 3 is 3.00 bits per heavy atom. The average molecular weight is 272 g/mol. The third kappa shape index (κ3) is 3.82. The van der Waals surface area contributed by atoms with Gasteiger partial charge in [0, 0.05) is 25.5 Å². The van der Waals surface area contributed by atoms with Crippen molar-refractivity contribution in [3.63, 3.8) is 0 Å². The number of hydrogen-bond donors (Lipinski definition) is 1. The average Bonchev–Trinajstić information content (AvgIpc) is 3.28. The molecule has 4 nitrogen and oxygen atoms in total. The van der Waals surface area contributed by atoms with Gasteiger partial charge >= 0.3 is 0 Å². The first-order valence-electron chi connectivity index (χ1n) is 7.09. The molecule has 1 saturated carbocycles. The SMILES string of the molecule is CCCN(CC1CC1)C(=O)c1ccncc1C#CCO. The Morgan fingerprint density at radius 1 is 1.55 bits per heavy atom. The van der Waals surface area contributed by atoms with Crippen LogP contribution in [0, 0.1) is 17.8 Å². The van der Waals surface area contributed by atoms with E-state index in [4.69, 9.17) is 5.11 Å². The normalized spacial score (nSPS) is 13.5. The van der Waals surface area contributed by atoms with E-state index in [-0.39, 0.29) is 12.5 Å². The van der Waals surface area contributed by atoms with Crippen molar-refractivity contribution in [2.75, 3.05) is 19.7 Å². The van der Waals surface area contributed by atoms with Crippen molar-refractivity contribution in [3.8, 4) is 11.8 Å². The quantitative estimate of drug-likeness (QED) is 0.830. The van der Waals surface area contributed by atoms with Crippen molar-refractivity contribution in [1.29, 1.82) is 0 Å². The third-order valence-corrected chi connectivity index (χ3v) is 3.31. The minimum absolute atomic E-state index is 0.0170. The van der Waals surface area contributed by atoms with Crippen molar-refractivity contribution in [2.45, 2.75) is 26.2 Å². The number of rotatable bonds is 5. The highest BCUT2D eigenvalue weighted by molar-refractivity contribution is 5.96. The lowest BCUT2D eigenvalue weighted by molar-refractivity contribution is 0.0747. The number of pyridine rings is 1. The molecule has 0 aromatic carbocycles. The van der Waals surface area contributed by atoms with Gasteiger partial charge in [-0.2, -0.15) is 0 Å². The molecule has 0 spiro atoms. The van der Waals surface area contributed by atoms with Crippen LogP contribution >= 0.6 is 0 Å². The van der Waals surface area contributed by atoms with Gasteiger partial charge in [0.1, 0.15) is 6.61 Å². The summed E-state index contributed by atoms with van der Waals surface area (Å²) < 4.78 is 0. The van der Waals surface area contributed by atoms with E-state index in [2.05, 4.69) is 23.7 Å². The van der Waals surface area contributed by atoms with Crippen LogP contribution in [0.3, 0.4) is 0 Å². The molecule has 0 saturated heterocycles. The number of aromatic nitrogens is 1. The standard InChI is InChI=1S/C16H20N2O2/c1-2-9-18(12-13-5-6-13)16(20)15-7-8-17-11-14(15)4-3-10-19/h7-8,11,13,19H,2,5-6,9-10,12H2,1H3. The van der Waals surface area contributed by atoms with Crippen molar-refractivity contribution >= 4 is 5.91 Å². The summed E-state index contributed by atoms with van der Waals surface area (Å²) in [6, 6.07) is 1.71. The van der Waals surface area contributed by atoms with Gasteiger partial charge in [-0.25, -0.2) is 0 Å². The Balaban J connectivity index is 2.20. The maximum absolute atomic E-state index is 12.6. The van der Waals surface area contributed by atoms with Crippen LogP contribution in [0.15, 0.2) is 18.5 Å². The summed E-state index contributed by atoms with van der Waals surface area (Å²) in [5.41, 5.74) is 1.17. The van der Waals surface area contributed by atoms with E-state index in [1.807, 2.05) is 4.90 Å². The number of amides is 1. The predicted octanol–water partition coefficient (Wildman–Crippen LogP) is 1.69. The monoisotopic (exact) mass is 272 g/mol. The van der Waals surface area contributed by atoms with E-state index >= 15 is 0 Å². The number of carbonyl (C=O) groups excluding carboxylic acids is 1. The van der Waals surface area contributed by atoms with Crippen molar-refractivity contribution in [3.05, 3.63) is 29.6 Å².